The molecular weight excluding hydrogens is 489 g/mol. The predicted octanol–water partition coefficient (Wildman–Crippen LogP) is 5.56. The van der Waals surface area contributed by atoms with Crippen LogP contribution in [0.4, 0.5) is 5.13 Å². The van der Waals surface area contributed by atoms with E-state index in [-0.39, 0.29) is 18.3 Å². The second-order valence-corrected chi connectivity index (χ2v) is 9.20. The molecule has 0 spiro atoms. The number of nitrogens with zero attached hydrogens (tertiary/aromatic N) is 4. The van der Waals surface area contributed by atoms with Crippen LogP contribution >= 0.6 is 46.3 Å². The first kappa shape index (κ1) is 22.6. The molecule has 0 radical (unpaired) electrons. The SMILES string of the molecule is Cn1c(COc2ccccc2Cl)nnc1SCC(=O)Nc1nc(-c2ccc(Cl)cc2)cs1. The molecular formula is C21H17Cl2N5O2S2. The Labute approximate surface area is 202 Å². The number of aromatic nitrogens is 4. The summed E-state index contributed by atoms with van der Waals surface area (Å²) in [4.78, 5) is 16.8. The molecule has 0 aliphatic rings. The van der Waals surface area contributed by atoms with Gasteiger partial charge < -0.3 is 14.6 Å². The molecule has 1 N–H and O–H groups in total. The molecule has 2 aromatic carbocycles. The molecule has 2 aromatic heterocycles. The number of rotatable bonds is 8. The summed E-state index contributed by atoms with van der Waals surface area (Å²) in [5.41, 5.74) is 1.72. The maximum absolute atomic E-state index is 12.4. The van der Waals surface area contributed by atoms with Crippen LogP contribution in [0.1, 0.15) is 5.82 Å². The van der Waals surface area contributed by atoms with Gasteiger partial charge in [0, 0.05) is 23.0 Å². The molecule has 2 heterocycles. The molecule has 4 rings (SSSR count). The van der Waals surface area contributed by atoms with Crippen molar-refractivity contribution in [2.45, 2.75) is 11.8 Å². The van der Waals surface area contributed by atoms with E-state index in [1.54, 1.807) is 28.8 Å². The normalized spacial score (nSPS) is 10.8. The summed E-state index contributed by atoms with van der Waals surface area (Å²) in [5, 5.41) is 15.3. The number of thioether (sulfide) groups is 1. The lowest BCUT2D eigenvalue weighted by Gasteiger charge is -2.07. The predicted molar refractivity (Wildman–Crippen MR) is 129 cm³/mol. The highest BCUT2D eigenvalue weighted by Gasteiger charge is 2.14. The number of carbonyl (C=O) groups is 1. The maximum atomic E-state index is 12.4. The fraction of sp³-hybridized carbons (Fsp3) is 0.143. The molecule has 7 nitrogen and oxygen atoms in total. The van der Waals surface area contributed by atoms with E-state index in [2.05, 4.69) is 20.5 Å². The average molecular weight is 506 g/mol. The number of amides is 1. The van der Waals surface area contributed by atoms with E-state index in [0.29, 0.717) is 31.9 Å². The standard InChI is InChI=1S/C21H17Cl2N5O2S2/c1-28-18(10-30-17-5-3-2-4-15(17)23)26-27-21(28)32-12-19(29)25-20-24-16(11-31-20)13-6-8-14(22)9-7-13/h2-9,11H,10,12H2,1H3,(H,24,25,29). The third-order valence-electron chi connectivity index (χ3n) is 4.34. The van der Waals surface area contributed by atoms with Crippen molar-refractivity contribution in [1.82, 2.24) is 19.7 Å². The highest BCUT2D eigenvalue weighted by molar-refractivity contribution is 7.99. The summed E-state index contributed by atoms with van der Waals surface area (Å²) in [7, 11) is 1.82. The van der Waals surface area contributed by atoms with E-state index in [4.69, 9.17) is 27.9 Å². The van der Waals surface area contributed by atoms with Gasteiger partial charge in [0.15, 0.2) is 16.1 Å². The number of halogens is 2. The van der Waals surface area contributed by atoms with Gasteiger partial charge in [-0.1, -0.05) is 59.2 Å². The summed E-state index contributed by atoms with van der Waals surface area (Å²) in [6.07, 6.45) is 0. The summed E-state index contributed by atoms with van der Waals surface area (Å²) in [6.45, 7) is 0.215. The van der Waals surface area contributed by atoms with Crippen molar-refractivity contribution < 1.29 is 9.53 Å². The van der Waals surface area contributed by atoms with Gasteiger partial charge in [-0.15, -0.1) is 21.5 Å². The zero-order chi connectivity index (χ0) is 22.5. The van der Waals surface area contributed by atoms with Gasteiger partial charge in [0.1, 0.15) is 12.4 Å². The Hall–Kier alpha value is -2.59. The van der Waals surface area contributed by atoms with E-state index >= 15 is 0 Å². The molecule has 0 atom stereocenters. The van der Waals surface area contributed by atoms with Crippen molar-refractivity contribution in [2.24, 2.45) is 7.05 Å². The Morgan fingerprint density at radius 1 is 1.16 bits per heavy atom. The Morgan fingerprint density at radius 3 is 2.72 bits per heavy atom. The van der Waals surface area contributed by atoms with Gasteiger partial charge in [-0.2, -0.15) is 0 Å². The molecule has 0 unspecified atom stereocenters. The second kappa shape index (κ2) is 10.4. The molecule has 0 aliphatic heterocycles. The van der Waals surface area contributed by atoms with Crippen LogP contribution in [0.3, 0.4) is 0 Å². The van der Waals surface area contributed by atoms with Crippen LogP contribution in [-0.4, -0.2) is 31.4 Å². The highest BCUT2D eigenvalue weighted by Crippen LogP contribution is 2.27. The lowest BCUT2D eigenvalue weighted by atomic mass is 10.2. The van der Waals surface area contributed by atoms with Crippen molar-refractivity contribution in [1.29, 1.82) is 0 Å². The van der Waals surface area contributed by atoms with Crippen LogP contribution in [0.15, 0.2) is 59.1 Å². The van der Waals surface area contributed by atoms with Gasteiger partial charge >= 0.3 is 0 Å². The molecule has 164 valence electrons. The number of carbonyl (C=O) groups excluding carboxylic acids is 1. The van der Waals surface area contributed by atoms with Gasteiger partial charge in [-0.05, 0) is 24.3 Å². The zero-order valence-corrected chi connectivity index (χ0v) is 19.9. The van der Waals surface area contributed by atoms with Crippen LogP contribution in [0.2, 0.25) is 10.0 Å². The van der Waals surface area contributed by atoms with E-state index in [1.807, 2.05) is 36.7 Å². The molecule has 11 heteroatoms. The minimum atomic E-state index is -0.177. The van der Waals surface area contributed by atoms with Crippen LogP contribution in [-0.2, 0) is 18.4 Å². The fourth-order valence-electron chi connectivity index (χ4n) is 2.67. The number of para-hydroxylation sites is 1. The number of thiazole rings is 1. The first-order valence-electron chi connectivity index (χ1n) is 9.39. The van der Waals surface area contributed by atoms with Crippen molar-refractivity contribution in [3.63, 3.8) is 0 Å². The monoisotopic (exact) mass is 505 g/mol. The fourth-order valence-corrected chi connectivity index (χ4v) is 4.45. The van der Waals surface area contributed by atoms with Gasteiger partial charge in [-0.3, -0.25) is 4.79 Å². The average Bonchev–Trinajstić information content (AvgIpc) is 3.39. The van der Waals surface area contributed by atoms with Crippen LogP contribution in [0.25, 0.3) is 11.3 Å². The summed E-state index contributed by atoms with van der Waals surface area (Å²) < 4.78 is 7.50. The van der Waals surface area contributed by atoms with Crippen LogP contribution < -0.4 is 10.1 Å². The van der Waals surface area contributed by atoms with Crippen LogP contribution in [0, 0.1) is 0 Å². The molecule has 0 saturated carbocycles. The first-order valence-corrected chi connectivity index (χ1v) is 12.0. The Morgan fingerprint density at radius 2 is 1.94 bits per heavy atom. The van der Waals surface area contributed by atoms with E-state index in [9.17, 15) is 4.79 Å². The minimum absolute atomic E-state index is 0.174. The molecule has 32 heavy (non-hydrogen) atoms. The lowest BCUT2D eigenvalue weighted by molar-refractivity contribution is -0.113. The molecule has 0 saturated heterocycles. The number of anilines is 1. The Balaban J connectivity index is 1.30. The van der Waals surface area contributed by atoms with Gasteiger partial charge in [0.05, 0.1) is 16.5 Å². The number of benzene rings is 2. The smallest absolute Gasteiger partial charge is 0.236 e. The molecule has 0 bridgehead atoms. The third kappa shape index (κ3) is 5.60. The quantitative estimate of drug-likeness (QED) is 0.316. The minimum Gasteiger partial charge on any atom is -0.484 e. The lowest BCUT2D eigenvalue weighted by Crippen LogP contribution is -2.14. The van der Waals surface area contributed by atoms with Crippen molar-refractivity contribution >= 4 is 57.3 Å². The van der Waals surface area contributed by atoms with Gasteiger partial charge in [0.2, 0.25) is 5.91 Å². The zero-order valence-electron chi connectivity index (χ0n) is 16.8. The van der Waals surface area contributed by atoms with Gasteiger partial charge in [-0.25, -0.2) is 4.98 Å². The van der Waals surface area contributed by atoms with Crippen LogP contribution in [0.5, 0.6) is 5.75 Å². The van der Waals surface area contributed by atoms with E-state index < -0.39 is 0 Å². The molecule has 1 amide bonds. The topological polar surface area (TPSA) is 81.9 Å². The number of nitrogens with one attached hydrogen (secondary N) is 1. The number of ether oxygens (including phenoxy) is 1. The number of hydrogen-bond acceptors (Lipinski definition) is 7. The van der Waals surface area contributed by atoms with Crippen molar-refractivity contribution in [3.05, 3.63) is 69.8 Å². The molecule has 0 fully saturated rings. The Bertz CT molecular complexity index is 1230. The summed E-state index contributed by atoms with van der Waals surface area (Å²) in [6, 6.07) is 14.6. The first-order chi connectivity index (χ1) is 15.5. The largest absolute Gasteiger partial charge is 0.484 e. The molecule has 0 aliphatic carbocycles. The maximum Gasteiger partial charge on any atom is 0.236 e. The van der Waals surface area contributed by atoms with E-state index in [1.165, 1.54) is 23.1 Å². The van der Waals surface area contributed by atoms with Crippen molar-refractivity contribution in [3.8, 4) is 17.0 Å². The van der Waals surface area contributed by atoms with Crippen molar-refractivity contribution in [2.75, 3.05) is 11.1 Å². The summed E-state index contributed by atoms with van der Waals surface area (Å²) in [5.74, 6) is 1.20. The second-order valence-electron chi connectivity index (χ2n) is 6.56. The Kier molecular flexibility index (Phi) is 7.31. The number of hydrogen-bond donors (Lipinski definition) is 1. The van der Waals surface area contributed by atoms with Gasteiger partial charge in [0.25, 0.3) is 0 Å². The molecule has 4 aromatic rings. The van der Waals surface area contributed by atoms with E-state index in [0.717, 1.165) is 11.3 Å². The summed E-state index contributed by atoms with van der Waals surface area (Å²) >= 11 is 14.7. The third-order valence-corrected chi connectivity index (χ3v) is 6.68. The highest BCUT2D eigenvalue weighted by atomic mass is 35.5.